The Morgan fingerprint density at radius 2 is 1.86 bits per heavy atom. The van der Waals surface area contributed by atoms with Gasteiger partial charge in [-0.1, -0.05) is 24.3 Å². The summed E-state index contributed by atoms with van der Waals surface area (Å²) < 4.78 is 24.7. The molecule has 1 aliphatic heterocycles. The number of alkyl halides is 2. The highest BCUT2D eigenvalue weighted by Crippen LogP contribution is 2.19. The van der Waals surface area contributed by atoms with Gasteiger partial charge in [0.2, 0.25) is 0 Å². The molecular weight excluding hydrogens is 252 g/mol. The van der Waals surface area contributed by atoms with Crippen LogP contribution in [0.15, 0.2) is 24.3 Å². The van der Waals surface area contributed by atoms with Crippen LogP contribution in [0.2, 0.25) is 0 Å². The van der Waals surface area contributed by atoms with Crippen LogP contribution in [0.4, 0.5) is 8.78 Å². The average molecular weight is 264 g/mol. The van der Waals surface area contributed by atoms with Crippen molar-refractivity contribution >= 4 is 17.0 Å². The second-order valence-corrected chi connectivity index (χ2v) is 3.29. The van der Waals surface area contributed by atoms with E-state index < -0.39 is 12.5 Å². The maximum atomic E-state index is 12.4. The molecule has 1 atom stereocenters. The molecule has 0 aliphatic carbocycles. The van der Waals surface area contributed by atoms with Crippen LogP contribution >= 0.6 is 17.0 Å². The summed E-state index contributed by atoms with van der Waals surface area (Å²) in [7, 11) is 0. The summed E-state index contributed by atoms with van der Waals surface area (Å²) in [6.07, 6.45) is -1.83. The Morgan fingerprint density at radius 1 is 1.21 bits per heavy atom. The van der Waals surface area contributed by atoms with Gasteiger partial charge in [-0.15, -0.1) is 17.0 Å². The Bertz CT molecular complexity index is 304. The first kappa shape index (κ1) is 11.6. The summed E-state index contributed by atoms with van der Waals surface area (Å²) in [6.45, 7) is 0.561. The molecule has 4 heteroatoms. The Labute approximate surface area is 92.3 Å². The van der Waals surface area contributed by atoms with Crippen molar-refractivity contribution in [2.24, 2.45) is 0 Å². The van der Waals surface area contributed by atoms with Gasteiger partial charge in [0.25, 0.3) is 6.43 Å². The van der Waals surface area contributed by atoms with E-state index >= 15 is 0 Å². The third-order valence-electron chi connectivity index (χ3n) is 2.42. The minimum Gasteiger partial charge on any atom is -0.304 e. The molecule has 0 bridgehead atoms. The lowest BCUT2D eigenvalue weighted by atomic mass is 9.96. The lowest BCUT2D eigenvalue weighted by Crippen LogP contribution is -2.40. The van der Waals surface area contributed by atoms with Gasteiger partial charge in [0.05, 0.1) is 6.04 Å². The van der Waals surface area contributed by atoms with Crippen molar-refractivity contribution in [3.8, 4) is 0 Å². The quantitative estimate of drug-likeness (QED) is 0.822. The molecule has 1 nitrogen and oxygen atoms in total. The van der Waals surface area contributed by atoms with Crippen molar-refractivity contribution in [3.63, 3.8) is 0 Å². The van der Waals surface area contributed by atoms with E-state index in [9.17, 15) is 8.78 Å². The minimum atomic E-state index is -2.27. The maximum absolute atomic E-state index is 12.4. The molecule has 0 saturated heterocycles. The van der Waals surface area contributed by atoms with Crippen molar-refractivity contribution in [2.45, 2.75) is 25.4 Å². The third kappa shape index (κ3) is 2.30. The summed E-state index contributed by atoms with van der Waals surface area (Å²) >= 11 is 0. The number of rotatable bonds is 1. The van der Waals surface area contributed by atoms with E-state index in [1.54, 1.807) is 0 Å². The number of nitrogens with one attached hydrogen (secondary N) is 1. The molecule has 1 aromatic carbocycles. The predicted octanol–water partition coefficient (Wildman–Crippen LogP) is 2.54. The second-order valence-electron chi connectivity index (χ2n) is 3.29. The van der Waals surface area contributed by atoms with Crippen molar-refractivity contribution in [1.82, 2.24) is 5.32 Å². The number of halogens is 3. The lowest BCUT2D eigenvalue weighted by Gasteiger charge is -2.25. The Kier molecular flexibility index (Phi) is 4.01. The van der Waals surface area contributed by atoms with Crippen LogP contribution in [0.1, 0.15) is 11.1 Å². The van der Waals surface area contributed by atoms with Gasteiger partial charge in [-0.05, 0) is 17.5 Å². The number of benzene rings is 1. The zero-order valence-corrected chi connectivity index (χ0v) is 9.26. The Morgan fingerprint density at radius 3 is 2.50 bits per heavy atom. The van der Waals surface area contributed by atoms with E-state index in [1.165, 1.54) is 0 Å². The van der Waals surface area contributed by atoms with E-state index in [-0.39, 0.29) is 17.0 Å². The van der Waals surface area contributed by atoms with Crippen LogP contribution in [0.5, 0.6) is 0 Å². The Balaban J connectivity index is 0.000000980. The highest BCUT2D eigenvalue weighted by molar-refractivity contribution is 8.93. The average Bonchev–Trinajstić information content (AvgIpc) is 2.17. The van der Waals surface area contributed by atoms with E-state index in [1.807, 2.05) is 24.3 Å². The molecule has 78 valence electrons. The summed E-state index contributed by atoms with van der Waals surface area (Å²) in [4.78, 5) is 0. The first-order valence-corrected chi connectivity index (χ1v) is 4.35. The second kappa shape index (κ2) is 4.84. The van der Waals surface area contributed by atoms with Crippen LogP contribution in [-0.2, 0) is 13.0 Å². The fraction of sp³-hybridized carbons (Fsp3) is 0.400. The fourth-order valence-electron chi connectivity index (χ4n) is 1.66. The highest BCUT2D eigenvalue weighted by atomic mass is 79.9. The van der Waals surface area contributed by atoms with Crippen molar-refractivity contribution in [1.29, 1.82) is 0 Å². The van der Waals surface area contributed by atoms with Crippen LogP contribution < -0.4 is 5.32 Å². The summed E-state index contributed by atoms with van der Waals surface area (Å²) in [5, 5.41) is 2.82. The molecule has 1 aliphatic rings. The smallest absolute Gasteiger partial charge is 0.254 e. The van der Waals surface area contributed by atoms with E-state index in [4.69, 9.17) is 0 Å². The summed E-state index contributed by atoms with van der Waals surface area (Å²) in [5.74, 6) is 0. The predicted molar refractivity (Wildman–Crippen MR) is 57.1 cm³/mol. The molecule has 0 spiro atoms. The van der Waals surface area contributed by atoms with E-state index in [0.29, 0.717) is 13.0 Å². The number of hydrogen-bond acceptors (Lipinski definition) is 1. The number of fused-ring (bicyclic) bond motifs is 1. The molecular formula is C10H12BrF2N. The van der Waals surface area contributed by atoms with Gasteiger partial charge in [0.15, 0.2) is 0 Å². The van der Waals surface area contributed by atoms with E-state index in [0.717, 1.165) is 11.1 Å². The van der Waals surface area contributed by atoms with E-state index in [2.05, 4.69) is 5.32 Å². The first-order chi connectivity index (χ1) is 6.27. The van der Waals surface area contributed by atoms with Crippen LogP contribution in [0.25, 0.3) is 0 Å². The van der Waals surface area contributed by atoms with Gasteiger partial charge in [-0.3, -0.25) is 0 Å². The standard InChI is InChI=1S/C10H11F2N.BrH/c11-10(12)9-5-7-3-1-2-4-8(7)6-13-9;/h1-4,9-10,13H,5-6H2;1H. The van der Waals surface area contributed by atoms with Gasteiger partial charge in [-0.2, -0.15) is 0 Å². The van der Waals surface area contributed by atoms with Crippen LogP contribution in [0, 0.1) is 0 Å². The van der Waals surface area contributed by atoms with Crippen LogP contribution in [-0.4, -0.2) is 12.5 Å². The van der Waals surface area contributed by atoms with Crippen molar-refractivity contribution in [3.05, 3.63) is 35.4 Å². The first-order valence-electron chi connectivity index (χ1n) is 4.35. The monoisotopic (exact) mass is 263 g/mol. The van der Waals surface area contributed by atoms with Gasteiger partial charge in [-0.25, -0.2) is 8.78 Å². The molecule has 2 rings (SSSR count). The van der Waals surface area contributed by atoms with Crippen molar-refractivity contribution < 1.29 is 8.78 Å². The normalized spacial score (nSPS) is 20.1. The minimum absolute atomic E-state index is 0. The summed E-state index contributed by atoms with van der Waals surface area (Å²) in [5.41, 5.74) is 2.19. The molecule has 0 saturated carbocycles. The molecule has 1 heterocycles. The largest absolute Gasteiger partial charge is 0.304 e. The van der Waals surface area contributed by atoms with Crippen LogP contribution in [0.3, 0.4) is 0 Å². The zero-order valence-electron chi connectivity index (χ0n) is 7.54. The zero-order chi connectivity index (χ0) is 9.26. The molecule has 0 fully saturated rings. The molecule has 14 heavy (non-hydrogen) atoms. The molecule has 0 aromatic heterocycles. The highest BCUT2D eigenvalue weighted by Gasteiger charge is 2.24. The van der Waals surface area contributed by atoms with Crippen molar-refractivity contribution in [2.75, 3.05) is 0 Å². The molecule has 1 N–H and O–H groups in total. The lowest BCUT2D eigenvalue weighted by molar-refractivity contribution is 0.0942. The van der Waals surface area contributed by atoms with Gasteiger partial charge in [0, 0.05) is 6.54 Å². The topological polar surface area (TPSA) is 12.0 Å². The Hall–Kier alpha value is -0.480. The van der Waals surface area contributed by atoms with Gasteiger partial charge < -0.3 is 5.32 Å². The number of hydrogen-bond donors (Lipinski definition) is 1. The van der Waals surface area contributed by atoms with Gasteiger partial charge >= 0.3 is 0 Å². The SMILES string of the molecule is Br.FC(F)C1Cc2ccccc2CN1. The molecule has 1 aromatic rings. The maximum Gasteiger partial charge on any atom is 0.254 e. The molecule has 0 radical (unpaired) electrons. The fourth-order valence-corrected chi connectivity index (χ4v) is 1.66. The summed E-state index contributed by atoms with van der Waals surface area (Å²) in [6, 6.07) is 7.06. The van der Waals surface area contributed by atoms with Gasteiger partial charge in [0.1, 0.15) is 0 Å². The molecule has 1 unspecified atom stereocenters. The third-order valence-corrected chi connectivity index (χ3v) is 2.42. The molecule has 0 amide bonds.